The molecule has 3 aromatic rings. The van der Waals surface area contributed by atoms with Crippen LogP contribution in [0.1, 0.15) is 29.5 Å². The zero-order chi connectivity index (χ0) is 17.4. The minimum Gasteiger partial charge on any atom is -0.340 e. The Morgan fingerprint density at radius 3 is 2.96 bits per heavy atom. The summed E-state index contributed by atoms with van der Waals surface area (Å²) in [4.78, 5) is 6.96. The first-order chi connectivity index (χ1) is 12.1. The topological polar surface area (TPSA) is 28.2 Å². The van der Waals surface area contributed by atoms with Crippen molar-refractivity contribution >= 4 is 44.6 Å². The van der Waals surface area contributed by atoms with Crippen LogP contribution in [0.4, 0.5) is 10.1 Å². The molecule has 1 aliphatic rings. The number of fused-ring (bicyclic) bond motifs is 1. The summed E-state index contributed by atoms with van der Waals surface area (Å²) in [6.45, 7) is 2.64. The third-order valence-corrected chi connectivity index (χ3v) is 6.01. The zero-order valence-corrected chi connectivity index (χ0v) is 15.5. The van der Waals surface area contributed by atoms with Gasteiger partial charge in [0.1, 0.15) is 10.8 Å². The molecule has 3 nitrogen and oxygen atoms in total. The standard InChI is InChI=1S/C19H18FN3S2/c1-12-8-9-13(11-14(12)20)21-19(24)23-10-4-6-16(23)18-22-15-5-2-3-7-17(15)25-18/h2-3,5,7-9,11,16H,4,6,10H2,1H3,(H,21,24)/t16-/m1/s1. The normalized spacial score (nSPS) is 17.2. The van der Waals surface area contributed by atoms with Gasteiger partial charge in [-0.25, -0.2) is 9.37 Å². The number of aromatic nitrogens is 1. The average molecular weight is 372 g/mol. The molecule has 25 heavy (non-hydrogen) atoms. The maximum atomic E-state index is 13.8. The molecule has 1 N–H and O–H groups in total. The van der Waals surface area contributed by atoms with Gasteiger partial charge in [0.15, 0.2) is 5.11 Å². The summed E-state index contributed by atoms with van der Waals surface area (Å²) in [5.74, 6) is -0.225. The fourth-order valence-electron chi connectivity index (χ4n) is 3.16. The quantitative estimate of drug-likeness (QED) is 0.621. The first-order valence-corrected chi connectivity index (χ1v) is 9.53. The van der Waals surface area contributed by atoms with E-state index in [9.17, 15) is 4.39 Å². The number of nitrogens with zero attached hydrogens (tertiary/aromatic N) is 2. The van der Waals surface area contributed by atoms with E-state index in [1.807, 2.05) is 24.3 Å². The summed E-state index contributed by atoms with van der Waals surface area (Å²) in [5, 5.41) is 4.90. The van der Waals surface area contributed by atoms with Crippen molar-refractivity contribution in [2.45, 2.75) is 25.8 Å². The number of aryl methyl sites for hydroxylation is 1. The van der Waals surface area contributed by atoms with E-state index in [-0.39, 0.29) is 11.9 Å². The molecule has 0 radical (unpaired) electrons. The Bertz CT molecular complexity index is 904. The van der Waals surface area contributed by atoms with Gasteiger partial charge in [0.05, 0.1) is 16.3 Å². The SMILES string of the molecule is Cc1ccc(NC(=S)N2CCC[C@@H]2c2nc3ccccc3s2)cc1F. The van der Waals surface area contributed by atoms with E-state index in [0.717, 1.165) is 29.9 Å². The summed E-state index contributed by atoms with van der Waals surface area (Å²) >= 11 is 7.33. The van der Waals surface area contributed by atoms with Gasteiger partial charge in [0.2, 0.25) is 0 Å². The highest BCUT2D eigenvalue weighted by molar-refractivity contribution is 7.80. The van der Waals surface area contributed by atoms with E-state index in [1.54, 1.807) is 24.3 Å². The smallest absolute Gasteiger partial charge is 0.174 e. The number of thiazole rings is 1. The lowest BCUT2D eigenvalue weighted by atomic mass is 10.2. The predicted octanol–water partition coefficient (Wildman–Crippen LogP) is 5.28. The molecule has 1 atom stereocenters. The molecular weight excluding hydrogens is 353 g/mol. The lowest BCUT2D eigenvalue weighted by molar-refractivity contribution is 0.405. The van der Waals surface area contributed by atoms with Crippen molar-refractivity contribution in [2.75, 3.05) is 11.9 Å². The van der Waals surface area contributed by atoms with Crippen LogP contribution < -0.4 is 5.32 Å². The third-order valence-electron chi connectivity index (χ3n) is 4.53. The van der Waals surface area contributed by atoms with Crippen LogP contribution in [0.3, 0.4) is 0 Å². The molecule has 0 amide bonds. The van der Waals surface area contributed by atoms with Gasteiger partial charge in [-0.2, -0.15) is 0 Å². The molecule has 1 fully saturated rings. The number of benzene rings is 2. The summed E-state index contributed by atoms with van der Waals surface area (Å²) < 4.78 is 15.0. The number of likely N-dealkylation sites (tertiary alicyclic amines) is 1. The van der Waals surface area contributed by atoms with Crippen molar-refractivity contribution in [1.29, 1.82) is 0 Å². The molecule has 2 heterocycles. The summed E-state index contributed by atoms with van der Waals surface area (Å²) in [5.41, 5.74) is 2.35. The van der Waals surface area contributed by atoms with Crippen molar-refractivity contribution in [3.8, 4) is 0 Å². The van der Waals surface area contributed by atoms with E-state index in [1.165, 1.54) is 10.8 Å². The highest BCUT2D eigenvalue weighted by atomic mass is 32.1. The van der Waals surface area contributed by atoms with Gasteiger partial charge in [0.25, 0.3) is 0 Å². The van der Waals surface area contributed by atoms with Gasteiger partial charge in [-0.05, 0) is 61.8 Å². The molecule has 0 aliphatic carbocycles. The maximum absolute atomic E-state index is 13.8. The summed E-state index contributed by atoms with van der Waals surface area (Å²) in [7, 11) is 0. The van der Waals surface area contributed by atoms with Gasteiger partial charge in [-0.1, -0.05) is 18.2 Å². The van der Waals surface area contributed by atoms with Gasteiger partial charge >= 0.3 is 0 Å². The Hall–Kier alpha value is -2.05. The molecule has 0 spiro atoms. The van der Waals surface area contributed by atoms with E-state index in [2.05, 4.69) is 16.3 Å². The first-order valence-electron chi connectivity index (χ1n) is 8.31. The second-order valence-corrected chi connectivity index (χ2v) is 7.71. The van der Waals surface area contributed by atoms with Gasteiger partial charge in [-0.3, -0.25) is 0 Å². The van der Waals surface area contributed by atoms with Gasteiger partial charge in [-0.15, -0.1) is 11.3 Å². The van der Waals surface area contributed by atoms with Crippen LogP contribution in [0.2, 0.25) is 0 Å². The molecule has 1 saturated heterocycles. The van der Waals surface area contributed by atoms with Crippen LogP contribution >= 0.6 is 23.6 Å². The molecule has 4 rings (SSSR count). The Balaban J connectivity index is 1.56. The summed E-state index contributed by atoms with van der Waals surface area (Å²) in [6, 6.07) is 13.5. The number of halogens is 1. The number of nitrogens with one attached hydrogen (secondary N) is 1. The van der Waals surface area contributed by atoms with Crippen LogP contribution in [-0.2, 0) is 0 Å². The maximum Gasteiger partial charge on any atom is 0.174 e. The number of rotatable bonds is 2. The van der Waals surface area contributed by atoms with E-state index >= 15 is 0 Å². The average Bonchev–Trinajstić information content (AvgIpc) is 3.24. The number of anilines is 1. The molecule has 128 valence electrons. The van der Waals surface area contributed by atoms with Crippen LogP contribution in [0.15, 0.2) is 42.5 Å². The molecule has 0 saturated carbocycles. The zero-order valence-electron chi connectivity index (χ0n) is 13.8. The minimum atomic E-state index is -0.225. The van der Waals surface area contributed by atoms with Crippen molar-refractivity contribution in [1.82, 2.24) is 9.88 Å². The van der Waals surface area contributed by atoms with Crippen LogP contribution in [-0.4, -0.2) is 21.5 Å². The van der Waals surface area contributed by atoms with Crippen molar-refractivity contribution in [2.24, 2.45) is 0 Å². The highest BCUT2D eigenvalue weighted by Crippen LogP contribution is 2.36. The second kappa shape index (κ2) is 6.69. The Labute approximate surface area is 155 Å². The number of hydrogen-bond acceptors (Lipinski definition) is 3. The minimum absolute atomic E-state index is 0.188. The van der Waals surface area contributed by atoms with Crippen molar-refractivity contribution < 1.29 is 4.39 Å². The molecule has 1 aliphatic heterocycles. The molecular formula is C19H18FN3S2. The van der Waals surface area contributed by atoms with Crippen LogP contribution in [0.5, 0.6) is 0 Å². The van der Waals surface area contributed by atoms with Crippen molar-refractivity contribution in [3.05, 3.63) is 58.9 Å². The number of thiocarbonyl (C=S) groups is 1. The fourth-order valence-corrected chi connectivity index (χ4v) is 4.62. The van der Waals surface area contributed by atoms with Crippen LogP contribution in [0.25, 0.3) is 10.2 Å². The second-order valence-electron chi connectivity index (χ2n) is 6.27. The fraction of sp³-hybridized carbons (Fsp3) is 0.263. The molecule has 0 unspecified atom stereocenters. The van der Waals surface area contributed by atoms with Gasteiger partial charge in [0, 0.05) is 12.2 Å². The predicted molar refractivity (Wildman–Crippen MR) is 106 cm³/mol. The lowest BCUT2D eigenvalue weighted by Gasteiger charge is -2.26. The highest BCUT2D eigenvalue weighted by Gasteiger charge is 2.30. The number of hydrogen-bond donors (Lipinski definition) is 1. The monoisotopic (exact) mass is 371 g/mol. The number of para-hydroxylation sites is 1. The Morgan fingerprint density at radius 2 is 2.16 bits per heavy atom. The van der Waals surface area contributed by atoms with E-state index in [4.69, 9.17) is 17.2 Å². The van der Waals surface area contributed by atoms with E-state index in [0.29, 0.717) is 16.4 Å². The Morgan fingerprint density at radius 1 is 1.32 bits per heavy atom. The molecule has 1 aromatic heterocycles. The largest absolute Gasteiger partial charge is 0.340 e. The van der Waals surface area contributed by atoms with E-state index < -0.39 is 0 Å². The van der Waals surface area contributed by atoms with Gasteiger partial charge < -0.3 is 10.2 Å². The van der Waals surface area contributed by atoms with Crippen LogP contribution in [0, 0.1) is 12.7 Å². The molecule has 6 heteroatoms. The molecule has 0 bridgehead atoms. The summed E-state index contributed by atoms with van der Waals surface area (Å²) in [6.07, 6.45) is 2.11. The third kappa shape index (κ3) is 3.24. The Kier molecular flexibility index (Phi) is 4.39. The lowest BCUT2D eigenvalue weighted by Crippen LogP contribution is -2.34. The molecule has 2 aromatic carbocycles. The van der Waals surface area contributed by atoms with Crippen molar-refractivity contribution in [3.63, 3.8) is 0 Å². The first kappa shape index (κ1) is 16.4.